The van der Waals surface area contributed by atoms with Gasteiger partial charge in [0, 0.05) is 23.4 Å². The summed E-state index contributed by atoms with van der Waals surface area (Å²) in [5.41, 5.74) is 2.18. The van der Waals surface area contributed by atoms with Crippen molar-refractivity contribution in [2.45, 2.75) is 32.4 Å². The van der Waals surface area contributed by atoms with Crippen molar-refractivity contribution in [3.63, 3.8) is 0 Å². The fourth-order valence-corrected chi connectivity index (χ4v) is 2.84. The molecule has 3 rings (SSSR count). The Morgan fingerprint density at radius 1 is 1.21 bits per heavy atom. The van der Waals surface area contributed by atoms with Gasteiger partial charge in [-0.05, 0) is 44.0 Å². The lowest BCUT2D eigenvalue weighted by atomic mass is 9.94. The molecular weight excluding hydrogens is 356 g/mol. The number of ether oxygens (including phenoxy) is 1. The van der Waals surface area contributed by atoms with Crippen LogP contribution in [-0.2, 0) is 4.79 Å². The van der Waals surface area contributed by atoms with Gasteiger partial charge in [-0.1, -0.05) is 30.8 Å². The number of nitrogens with zero attached hydrogens (tertiary/aromatic N) is 3. The average Bonchev–Trinajstić information content (AvgIpc) is 2.65. The Balaban J connectivity index is 1.88. The van der Waals surface area contributed by atoms with Crippen LogP contribution in [0.25, 0.3) is 0 Å². The second-order valence-electron chi connectivity index (χ2n) is 7.36. The van der Waals surface area contributed by atoms with Gasteiger partial charge in [-0.2, -0.15) is 5.10 Å². The predicted octanol–water partition coefficient (Wildman–Crippen LogP) is 3.42. The van der Waals surface area contributed by atoms with Crippen molar-refractivity contribution in [2.24, 2.45) is 5.10 Å². The number of hydrazone groups is 1. The summed E-state index contributed by atoms with van der Waals surface area (Å²) in [6.07, 6.45) is 3.87. The topological polar surface area (TPSA) is 83.9 Å². The SMILES string of the molecule is C=CC(=O)N1N=Cc2ccccc2C1c1ccc(OC(=O)NC(C)(C)C)nc1. The number of hydrogen-bond donors (Lipinski definition) is 1. The first-order chi connectivity index (χ1) is 13.3. The number of amides is 2. The Morgan fingerprint density at radius 2 is 1.96 bits per heavy atom. The second kappa shape index (κ2) is 7.64. The highest BCUT2D eigenvalue weighted by atomic mass is 16.6. The molecule has 144 valence electrons. The quantitative estimate of drug-likeness (QED) is 0.830. The number of aromatic nitrogens is 1. The van der Waals surface area contributed by atoms with Crippen LogP contribution in [0.2, 0.25) is 0 Å². The van der Waals surface area contributed by atoms with E-state index in [0.717, 1.165) is 16.7 Å². The lowest BCUT2D eigenvalue weighted by Crippen LogP contribution is -2.42. The van der Waals surface area contributed by atoms with Crippen molar-refractivity contribution in [1.82, 2.24) is 15.3 Å². The first-order valence-corrected chi connectivity index (χ1v) is 8.83. The molecule has 7 nitrogen and oxygen atoms in total. The maximum absolute atomic E-state index is 12.3. The minimum Gasteiger partial charge on any atom is -0.391 e. The van der Waals surface area contributed by atoms with Gasteiger partial charge in [0.05, 0.1) is 6.21 Å². The molecule has 0 bridgehead atoms. The Morgan fingerprint density at radius 3 is 2.61 bits per heavy atom. The Labute approximate surface area is 163 Å². The smallest absolute Gasteiger partial charge is 0.391 e. The van der Waals surface area contributed by atoms with Crippen molar-refractivity contribution >= 4 is 18.2 Å². The summed E-state index contributed by atoms with van der Waals surface area (Å²) in [5.74, 6) is -0.152. The van der Waals surface area contributed by atoms with E-state index in [1.165, 1.54) is 11.1 Å². The molecule has 0 fully saturated rings. The molecule has 0 saturated heterocycles. The normalized spacial score (nSPS) is 15.5. The zero-order valence-electron chi connectivity index (χ0n) is 16.0. The summed E-state index contributed by atoms with van der Waals surface area (Å²) < 4.78 is 5.21. The largest absolute Gasteiger partial charge is 0.414 e. The van der Waals surface area contributed by atoms with Crippen molar-refractivity contribution in [2.75, 3.05) is 0 Å². The molecule has 7 heteroatoms. The van der Waals surface area contributed by atoms with Gasteiger partial charge in [0.25, 0.3) is 5.91 Å². The predicted molar refractivity (Wildman–Crippen MR) is 106 cm³/mol. The molecule has 2 heterocycles. The minimum absolute atomic E-state index is 0.166. The summed E-state index contributed by atoms with van der Waals surface area (Å²) in [7, 11) is 0. The third kappa shape index (κ3) is 4.25. The van der Waals surface area contributed by atoms with Gasteiger partial charge in [-0.3, -0.25) is 4.79 Å². The van der Waals surface area contributed by atoms with E-state index in [0.29, 0.717) is 0 Å². The number of rotatable bonds is 3. The summed E-state index contributed by atoms with van der Waals surface area (Å²) in [6.45, 7) is 9.13. The van der Waals surface area contributed by atoms with E-state index in [2.05, 4.69) is 22.0 Å². The summed E-state index contributed by atoms with van der Waals surface area (Å²) in [4.78, 5) is 28.4. The molecule has 0 radical (unpaired) electrons. The maximum atomic E-state index is 12.3. The molecule has 1 aliphatic heterocycles. The van der Waals surface area contributed by atoms with Crippen LogP contribution >= 0.6 is 0 Å². The molecule has 1 aromatic heterocycles. The number of fused-ring (bicyclic) bond motifs is 1. The van der Waals surface area contributed by atoms with Crippen LogP contribution in [0.15, 0.2) is 60.4 Å². The van der Waals surface area contributed by atoms with E-state index in [1.54, 1.807) is 24.5 Å². The Kier molecular flexibility index (Phi) is 5.26. The van der Waals surface area contributed by atoms with E-state index in [4.69, 9.17) is 4.74 Å². The van der Waals surface area contributed by atoms with Gasteiger partial charge in [0.1, 0.15) is 6.04 Å². The standard InChI is InChI=1S/C21H22N4O3/c1-5-18(26)25-19(16-9-7-6-8-14(16)13-23-25)15-10-11-17(22-12-15)28-20(27)24-21(2,3)4/h5-13,19H,1H2,2-4H3,(H,24,27). The number of nitrogens with one attached hydrogen (secondary N) is 1. The Bertz CT molecular complexity index is 929. The summed E-state index contributed by atoms with van der Waals surface area (Å²) >= 11 is 0. The lowest BCUT2D eigenvalue weighted by Gasteiger charge is -2.31. The molecule has 1 N–H and O–H groups in total. The molecule has 1 aliphatic rings. The molecule has 0 saturated carbocycles. The van der Waals surface area contributed by atoms with Gasteiger partial charge in [0.15, 0.2) is 0 Å². The molecule has 0 spiro atoms. The number of carbonyl (C=O) groups is 2. The zero-order valence-corrected chi connectivity index (χ0v) is 16.0. The van der Waals surface area contributed by atoms with E-state index >= 15 is 0 Å². The number of pyridine rings is 1. The molecule has 1 aromatic carbocycles. The van der Waals surface area contributed by atoms with Crippen molar-refractivity contribution < 1.29 is 14.3 Å². The van der Waals surface area contributed by atoms with Crippen LogP contribution < -0.4 is 10.1 Å². The maximum Gasteiger partial charge on any atom is 0.414 e. The van der Waals surface area contributed by atoms with E-state index in [9.17, 15) is 9.59 Å². The molecule has 2 aromatic rings. The number of benzene rings is 1. The van der Waals surface area contributed by atoms with Crippen molar-refractivity contribution in [1.29, 1.82) is 0 Å². The second-order valence-corrected chi connectivity index (χ2v) is 7.36. The summed E-state index contributed by atoms with van der Waals surface area (Å²) in [5, 5.41) is 8.34. The molecule has 0 aliphatic carbocycles. The van der Waals surface area contributed by atoms with E-state index in [-0.39, 0.29) is 11.8 Å². The first kappa shape index (κ1) is 19.3. The number of hydrogen-bond acceptors (Lipinski definition) is 5. The van der Waals surface area contributed by atoms with E-state index < -0.39 is 17.7 Å². The van der Waals surface area contributed by atoms with Gasteiger partial charge >= 0.3 is 6.09 Å². The Hall–Kier alpha value is -3.48. The highest BCUT2D eigenvalue weighted by Crippen LogP contribution is 2.34. The third-order valence-electron chi connectivity index (χ3n) is 4.01. The van der Waals surface area contributed by atoms with Crippen LogP contribution in [0, 0.1) is 0 Å². The van der Waals surface area contributed by atoms with Crippen LogP contribution in [0.4, 0.5) is 4.79 Å². The highest BCUT2D eigenvalue weighted by molar-refractivity contribution is 5.91. The average molecular weight is 378 g/mol. The molecule has 1 atom stereocenters. The van der Waals surface area contributed by atoms with Gasteiger partial charge < -0.3 is 10.1 Å². The lowest BCUT2D eigenvalue weighted by molar-refractivity contribution is -0.127. The van der Waals surface area contributed by atoms with Crippen LogP contribution in [0.3, 0.4) is 0 Å². The monoisotopic (exact) mass is 378 g/mol. The molecule has 2 amide bonds. The fourth-order valence-electron chi connectivity index (χ4n) is 2.84. The van der Waals surface area contributed by atoms with Crippen molar-refractivity contribution in [3.8, 4) is 5.88 Å². The van der Waals surface area contributed by atoms with Crippen molar-refractivity contribution in [3.05, 3.63) is 71.9 Å². The van der Waals surface area contributed by atoms with Crippen LogP contribution in [0.5, 0.6) is 5.88 Å². The minimum atomic E-state index is -0.580. The number of carbonyl (C=O) groups excluding carboxylic acids is 2. The van der Waals surface area contributed by atoms with Crippen LogP contribution in [-0.4, -0.2) is 33.7 Å². The van der Waals surface area contributed by atoms with Crippen LogP contribution in [0.1, 0.15) is 43.5 Å². The van der Waals surface area contributed by atoms with Gasteiger partial charge in [-0.15, -0.1) is 0 Å². The van der Waals surface area contributed by atoms with Gasteiger partial charge in [0.2, 0.25) is 5.88 Å². The zero-order chi connectivity index (χ0) is 20.3. The fraction of sp³-hybridized carbons (Fsp3) is 0.238. The molecule has 1 unspecified atom stereocenters. The molecule has 28 heavy (non-hydrogen) atoms. The van der Waals surface area contributed by atoms with Gasteiger partial charge in [-0.25, -0.2) is 14.8 Å². The highest BCUT2D eigenvalue weighted by Gasteiger charge is 2.30. The van der Waals surface area contributed by atoms with E-state index in [1.807, 2.05) is 45.0 Å². The third-order valence-corrected chi connectivity index (χ3v) is 4.01. The molecular formula is C21H22N4O3. The first-order valence-electron chi connectivity index (χ1n) is 8.83. The summed E-state index contributed by atoms with van der Waals surface area (Å²) in [6, 6.07) is 10.6.